The average molecular weight is 355 g/mol. The Morgan fingerprint density at radius 3 is 2.77 bits per heavy atom. The lowest BCUT2D eigenvalue weighted by Crippen LogP contribution is -2.36. The van der Waals surface area contributed by atoms with Gasteiger partial charge in [0, 0.05) is 24.6 Å². The molecule has 1 amide bonds. The smallest absolute Gasteiger partial charge is 0.270 e. The molecule has 3 rings (SSSR count). The van der Waals surface area contributed by atoms with E-state index in [1.54, 1.807) is 6.07 Å². The third kappa shape index (κ3) is 3.80. The Kier molecular flexibility index (Phi) is 4.83. The standard InChI is InChI=1S/C18H17N3O5/c1-12-5-3-8-16(9-12)25-11-17-20(13(2)22)19-18(26-17)14-6-4-7-15(10-14)21(23)24/h3-10,17H,11H2,1-2H3. The van der Waals surface area contributed by atoms with E-state index in [1.165, 1.54) is 30.1 Å². The molecule has 0 fully saturated rings. The quantitative estimate of drug-likeness (QED) is 0.607. The van der Waals surface area contributed by atoms with Gasteiger partial charge in [0.25, 0.3) is 5.69 Å². The molecule has 2 aromatic carbocycles. The summed E-state index contributed by atoms with van der Waals surface area (Å²) in [5.41, 5.74) is 1.39. The Balaban J connectivity index is 1.76. The maximum absolute atomic E-state index is 11.8. The fourth-order valence-corrected chi connectivity index (χ4v) is 2.49. The van der Waals surface area contributed by atoms with Gasteiger partial charge in [-0.25, -0.2) is 0 Å². The molecule has 1 heterocycles. The minimum Gasteiger partial charge on any atom is -0.488 e. The number of hydrazone groups is 1. The van der Waals surface area contributed by atoms with Crippen molar-refractivity contribution >= 4 is 17.5 Å². The van der Waals surface area contributed by atoms with Gasteiger partial charge in [0.2, 0.25) is 18.0 Å². The molecule has 0 spiro atoms. The Bertz CT molecular complexity index is 881. The number of carbonyl (C=O) groups is 1. The summed E-state index contributed by atoms with van der Waals surface area (Å²) in [7, 11) is 0. The first kappa shape index (κ1) is 17.4. The largest absolute Gasteiger partial charge is 0.488 e. The summed E-state index contributed by atoms with van der Waals surface area (Å²) in [6, 6.07) is 13.4. The molecule has 0 aliphatic carbocycles. The van der Waals surface area contributed by atoms with E-state index in [4.69, 9.17) is 9.47 Å². The van der Waals surface area contributed by atoms with Crippen molar-refractivity contribution in [2.75, 3.05) is 6.61 Å². The van der Waals surface area contributed by atoms with E-state index in [-0.39, 0.29) is 24.1 Å². The van der Waals surface area contributed by atoms with Crippen molar-refractivity contribution in [1.29, 1.82) is 0 Å². The minimum absolute atomic E-state index is 0.0744. The number of benzene rings is 2. The molecule has 0 saturated carbocycles. The van der Waals surface area contributed by atoms with Gasteiger partial charge in [-0.2, -0.15) is 5.01 Å². The van der Waals surface area contributed by atoms with E-state index in [2.05, 4.69) is 5.10 Å². The third-order valence-electron chi connectivity index (χ3n) is 3.73. The maximum Gasteiger partial charge on any atom is 0.270 e. The highest BCUT2D eigenvalue weighted by molar-refractivity contribution is 5.96. The highest BCUT2D eigenvalue weighted by atomic mass is 16.6. The number of ether oxygens (including phenoxy) is 2. The number of non-ortho nitro benzene ring substituents is 1. The van der Waals surface area contributed by atoms with Crippen LogP contribution in [0.2, 0.25) is 0 Å². The normalized spacial score (nSPS) is 16.0. The van der Waals surface area contributed by atoms with Crippen LogP contribution in [0.4, 0.5) is 5.69 Å². The monoisotopic (exact) mass is 355 g/mol. The Morgan fingerprint density at radius 2 is 2.08 bits per heavy atom. The third-order valence-corrected chi connectivity index (χ3v) is 3.73. The molecule has 0 radical (unpaired) electrons. The van der Waals surface area contributed by atoms with Crippen molar-refractivity contribution in [3.63, 3.8) is 0 Å². The van der Waals surface area contributed by atoms with Crippen LogP contribution in [0.1, 0.15) is 18.1 Å². The van der Waals surface area contributed by atoms with Gasteiger partial charge in [0.15, 0.2) is 0 Å². The van der Waals surface area contributed by atoms with Crippen LogP contribution in [0.3, 0.4) is 0 Å². The Hall–Kier alpha value is -3.42. The molecule has 0 saturated heterocycles. The highest BCUT2D eigenvalue weighted by Gasteiger charge is 2.32. The van der Waals surface area contributed by atoms with Crippen LogP contribution in [0.25, 0.3) is 0 Å². The van der Waals surface area contributed by atoms with E-state index in [0.29, 0.717) is 11.3 Å². The Morgan fingerprint density at radius 1 is 1.31 bits per heavy atom. The van der Waals surface area contributed by atoms with Gasteiger partial charge in [-0.3, -0.25) is 14.9 Å². The lowest BCUT2D eigenvalue weighted by atomic mass is 10.2. The summed E-state index contributed by atoms with van der Waals surface area (Å²) in [4.78, 5) is 22.3. The fraction of sp³-hybridized carbons (Fsp3) is 0.222. The number of carbonyl (C=O) groups excluding carboxylic acids is 1. The second kappa shape index (κ2) is 7.22. The predicted octanol–water partition coefficient (Wildman–Crippen LogP) is 2.85. The van der Waals surface area contributed by atoms with E-state index < -0.39 is 11.2 Å². The summed E-state index contributed by atoms with van der Waals surface area (Å²) in [5, 5.41) is 16.2. The van der Waals surface area contributed by atoms with Crippen LogP contribution in [-0.2, 0) is 9.53 Å². The first-order chi connectivity index (χ1) is 12.4. The SMILES string of the molecule is CC(=O)N1N=C(c2cccc([N+](=O)[O-])c2)OC1COc1cccc(C)c1. The van der Waals surface area contributed by atoms with E-state index in [1.807, 2.05) is 31.2 Å². The first-order valence-corrected chi connectivity index (χ1v) is 7.93. The number of hydrogen-bond acceptors (Lipinski definition) is 6. The summed E-state index contributed by atoms with van der Waals surface area (Å²) >= 11 is 0. The topological polar surface area (TPSA) is 94.3 Å². The molecular weight excluding hydrogens is 338 g/mol. The number of nitro benzene ring substituents is 1. The van der Waals surface area contributed by atoms with Gasteiger partial charge in [-0.05, 0) is 30.7 Å². The molecule has 1 unspecified atom stereocenters. The summed E-state index contributed by atoms with van der Waals surface area (Å²) < 4.78 is 11.4. The number of nitro groups is 1. The number of amides is 1. The summed E-state index contributed by atoms with van der Waals surface area (Å²) in [5.74, 6) is 0.478. The maximum atomic E-state index is 11.8. The second-order valence-corrected chi connectivity index (χ2v) is 5.78. The van der Waals surface area contributed by atoms with Gasteiger partial charge < -0.3 is 9.47 Å². The molecule has 134 valence electrons. The average Bonchev–Trinajstić information content (AvgIpc) is 3.05. The van der Waals surface area contributed by atoms with Crippen LogP contribution < -0.4 is 4.74 Å². The highest BCUT2D eigenvalue weighted by Crippen LogP contribution is 2.22. The molecular formula is C18H17N3O5. The van der Waals surface area contributed by atoms with E-state index >= 15 is 0 Å². The minimum atomic E-state index is -0.748. The molecule has 1 aliphatic heterocycles. The lowest BCUT2D eigenvalue weighted by Gasteiger charge is -2.19. The molecule has 1 atom stereocenters. The first-order valence-electron chi connectivity index (χ1n) is 7.93. The van der Waals surface area contributed by atoms with Crippen LogP contribution >= 0.6 is 0 Å². The lowest BCUT2D eigenvalue weighted by molar-refractivity contribution is -0.384. The Labute approximate surface area is 149 Å². The summed E-state index contributed by atoms with van der Waals surface area (Å²) in [6.07, 6.45) is -0.748. The molecule has 0 N–H and O–H groups in total. The van der Waals surface area contributed by atoms with Crippen LogP contribution in [0.15, 0.2) is 53.6 Å². The van der Waals surface area contributed by atoms with Crippen molar-refractivity contribution in [2.45, 2.75) is 20.1 Å². The van der Waals surface area contributed by atoms with Crippen molar-refractivity contribution in [1.82, 2.24) is 5.01 Å². The van der Waals surface area contributed by atoms with Crippen molar-refractivity contribution in [3.05, 3.63) is 69.8 Å². The van der Waals surface area contributed by atoms with Crippen LogP contribution in [-0.4, -0.2) is 34.6 Å². The summed E-state index contributed by atoms with van der Waals surface area (Å²) in [6.45, 7) is 3.39. The van der Waals surface area contributed by atoms with Gasteiger partial charge in [0.1, 0.15) is 12.4 Å². The number of nitrogens with zero attached hydrogens (tertiary/aromatic N) is 3. The molecule has 0 aromatic heterocycles. The van der Waals surface area contributed by atoms with Crippen LogP contribution in [0.5, 0.6) is 5.75 Å². The van der Waals surface area contributed by atoms with Gasteiger partial charge in [0.05, 0.1) is 4.92 Å². The zero-order chi connectivity index (χ0) is 18.7. The van der Waals surface area contributed by atoms with Crippen molar-refractivity contribution < 1.29 is 19.2 Å². The molecule has 2 aromatic rings. The second-order valence-electron chi connectivity index (χ2n) is 5.78. The zero-order valence-electron chi connectivity index (χ0n) is 14.3. The molecule has 26 heavy (non-hydrogen) atoms. The van der Waals surface area contributed by atoms with Crippen molar-refractivity contribution in [2.24, 2.45) is 5.10 Å². The van der Waals surface area contributed by atoms with E-state index in [0.717, 1.165) is 5.56 Å². The molecule has 8 nitrogen and oxygen atoms in total. The van der Waals surface area contributed by atoms with Gasteiger partial charge >= 0.3 is 0 Å². The van der Waals surface area contributed by atoms with Crippen LogP contribution in [0, 0.1) is 17.0 Å². The van der Waals surface area contributed by atoms with Gasteiger partial charge in [-0.1, -0.05) is 18.2 Å². The zero-order valence-corrected chi connectivity index (χ0v) is 14.3. The van der Waals surface area contributed by atoms with E-state index in [9.17, 15) is 14.9 Å². The number of aryl methyl sites for hydroxylation is 1. The number of hydrogen-bond donors (Lipinski definition) is 0. The van der Waals surface area contributed by atoms with Crippen molar-refractivity contribution in [3.8, 4) is 5.75 Å². The molecule has 1 aliphatic rings. The number of rotatable bonds is 5. The molecule has 0 bridgehead atoms. The fourth-order valence-electron chi connectivity index (χ4n) is 2.49. The molecule has 8 heteroatoms. The van der Waals surface area contributed by atoms with Gasteiger partial charge in [-0.15, -0.1) is 5.10 Å². The predicted molar refractivity (Wildman–Crippen MR) is 93.7 cm³/mol.